The number of nitrogens with one attached hydrogen (secondary N) is 1. The van der Waals surface area contributed by atoms with Gasteiger partial charge in [0, 0.05) is 17.8 Å². The number of carbonyl (C=O) groups is 1. The summed E-state index contributed by atoms with van der Waals surface area (Å²) in [5.74, 6) is -0.300. The molecule has 22 heavy (non-hydrogen) atoms. The molecule has 0 aliphatic rings. The highest BCUT2D eigenvalue weighted by atomic mass is 35.5. The molecule has 0 radical (unpaired) electrons. The van der Waals surface area contributed by atoms with Crippen molar-refractivity contribution in [3.8, 4) is 0 Å². The lowest BCUT2D eigenvalue weighted by atomic mass is 10.1. The number of benzene rings is 2. The van der Waals surface area contributed by atoms with Gasteiger partial charge in [-0.3, -0.25) is 14.9 Å². The highest BCUT2D eigenvalue weighted by Gasteiger charge is 2.10. The second kappa shape index (κ2) is 6.64. The van der Waals surface area contributed by atoms with Crippen LogP contribution in [0.4, 0.5) is 17.1 Å². The van der Waals surface area contributed by atoms with Crippen LogP contribution in [0.5, 0.6) is 0 Å². The Bertz CT molecular complexity index is 710. The Labute approximate surface area is 136 Å². The van der Waals surface area contributed by atoms with Crippen molar-refractivity contribution in [3.05, 3.63) is 62.1 Å². The first-order valence-corrected chi connectivity index (χ1v) is 6.90. The molecule has 3 N–H and O–H groups in total. The van der Waals surface area contributed by atoms with Crippen molar-refractivity contribution in [1.29, 1.82) is 0 Å². The normalized spacial score (nSPS) is 10.3. The first-order chi connectivity index (χ1) is 10.4. The largest absolute Gasteiger partial charge is 0.396 e. The molecule has 0 atom stereocenters. The number of nitro benzene ring substituents is 1. The molecule has 0 saturated carbocycles. The number of nitro groups is 1. The zero-order valence-corrected chi connectivity index (χ0v) is 12.7. The summed E-state index contributed by atoms with van der Waals surface area (Å²) in [6.07, 6.45) is 0.0671. The van der Waals surface area contributed by atoms with Crippen LogP contribution in [-0.4, -0.2) is 10.8 Å². The van der Waals surface area contributed by atoms with E-state index in [1.807, 2.05) is 0 Å². The second-order valence-corrected chi connectivity index (χ2v) is 5.32. The van der Waals surface area contributed by atoms with Gasteiger partial charge in [-0.05, 0) is 17.7 Å². The zero-order valence-electron chi connectivity index (χ0n) is 11.2. The molecule has 2 aromatic carbocycles. The molecule has 6 nitrogen and oxygen atoms in total. The molecule has 2 aromatic rings. The number of carbonyl (C=O) groups excluding carboxylic acids is 1. The second-order valence-electron chi connectivity index (χ2n) is 4.50. The minimum absolute atomic E-state index is 0.0266. The van der Waals surface area contributed by atoms with Crippen LogP contribution < -0.4 is 11.1 Å². The molecule has 0 fully saturated rings. The Morgan fingerprint density at radius 3 is 2.23 bits per heavy atom. The number of nitrogen functional groups attached to an aromatic ring is 1. The fraction of sp³-hybridized carbons (Fsp3) is 0.0714. The SMILES string of the molecule is Nc1c(Cl)cc(NC(=O)Cc2ccc([N+](=O)[O-])cc2)cc1Cl. The molecular formula is C14H11Cl2N3O3. The van der Waals surface area contributed by atoms with E-state index < -0.39 is 4.92 Å². The van der Waals surface area contributed by atoms with Crippen LogP contribution in [0.25, 0.3) is 0 Å². The van der Waals surface area contributed by atoms with Crippen LogP contribution in [0.15, 0.2) is 36.4 Å². The molecule has 1 amide bonds. The standard InChI is InChI=1S/C14H11Cl2N3O3/c15-11-6-9(7-12(16)14(11)17)18-13(20)5-8-1-3-10(4-2-8)19(21)22/h1-4,6-7H,5,17H2,(H,18,20). The highest BCUT2D eigenvalue weighted by molar-refractivity contribution is 6.39. The van der Waals surface area contributed by atoms with Gasteiger partial charge in [-0.2, -0.15) is 0 Å². The predicted octanol–water partition coefficient (Wildman–Crippen LogP) is 3.67. The number of non-ortho nitro benzene ring substituents is 1. The summed E-state index contributed by atoms with van der Waals surface area (Å²) in [4.78, 5) is 22.0. The summed E-state index contributed by atoms with van der Waals surface area (Å²) in [5.41, 5.74) is 6.91. The van der Waals surface area contributed by atoms with Crippen molar-refractivity contribution in [2.45, 2.75) is 6.42 Å². The lowest BCUT2D eigenvalue weighted by Crippen LogP contribution is -2.14. The third-order valence-electron chi connectivity index (χ3n) is 2.87. The third kappa shape index (κ3) is 3.87. The smallest absolute Gasteiger partial charge is 0.269 e. The van der Waals surface area contributed by atoms with E-state index in [1.165, 1.54) is 36.4 Å². The number of rotatable bonds is 4. The summed E-state index contributed by atoms with van der Waals surface area (Å²) >= 11 is 11.8. The Kier molecular flexibility index (Phi) is 4.85. The molecule has 0 spiro atoms. The number of anilines is 2. The Morgan fingerprint density at radius 1 is 1.18 bits per heavy atom. The maximum atomic E-state index is 11.9. The molecule has 0 aromatic heterocycles. The molecule has 0 aliphatic heterocycles. The predicted molar refractivity (Wildman–Crippen MR) is 86.3 cm³/mol. The fourth-order valence-electron chi connectivity index (χ4n) is 1.78. The first kappa shape index (κ1) is 16.1. The number of nitrogens with zero attached hydrogens (tertiary/aromatic N) is 1. The van der Waals surface area contributed by atoms with Crippen LogP contribution in [0.2, 0.25) is 10.0 Å². The molecule has 0 unspecified atom stereocenters. The van der Waals surface area contributed by atoms with Gasteiger partial charge in [-0.25, -0.2) is 0 Å². The maximum Gasteiger partial charge on any atom is 0.269 e. The molecule has 0 heterocycles. The third-order valence-corrected chi connectivity index (χ3v) is 3.50. The van der Waals surface area contributed by atoms with E-state index in [0.29, 0.717) is 11.3 Å². The lowest BCUT2D eigenvalue weighted by Gasteiger charge is -2.08. The summed E-state index contributed by atoms with van der Waals surface area (Å²) < 4.78 is 0. The van der Waals surface area contributed by atoms with Crippen molar-refractivity contribution in [1.82, 2.24) is 0 Å². The number of amides is 1. The molecule has 2 rings (SSSR count). The van der Waals surface area contributed by atoms with Crippen LogP contribution in [-0.2, 0) is 11.2 Å². The molecule has 0 saturated heterocycles. The minimum atomic E-state index is -0.498. The molecule has 0 aliphatic carbocycles. The van der Waals surface area contributed by atoms with Crippen molar-refractivity contribution >= 4 is 46.2 Å². The summed E-state index contributed by atoms with van der Waals surface area (Å²) in [5, 5.41) is 13.7. The number of hydrogen-bond donors (Lipinski definition) is 2. The number of nitrogens with two attached hydrogens (primary N) is 1. The van der Waals surface area contributed by atoms with Crippen molar-refractivity contribution in [2.75, 3.05) is 11.1 Å². The monoisotopic (exact) mass is 339 g/mol. The maximum absolute atomic E-state index is 11.9. The highest BCUT2D eigenvalue weighted by Crippen LogP contribution is 2.31. The van der Waals surface area contributed by atoms with Gasteiger partial charge < -0.3 is 11.1 Å². The van der Waals surface area contributed by atoms with E-state index in [2.05, 4.69) is 5.32 Å². The summed E-state index contributed by atoms with van der Waals surface area (Å²) in [6.45, 7) is 0. The van der Waals surface area contributed by atoms with Crippen molar-refractivity contribution < 1.29 is 9.72 Å². The van der Waals surface area contributed by atoms with Gasteiger partial charge in [0.25, 0.3) is 5.69 Å². The molecule has 0 bridgehead atoms. The van der Waals surface area contributed by atoms with E-state index in [-0.39, 0.29) is 33.7 Å². The fourth-order valence-corrected chi connectivity index (χ4v) is 2.27. The Hall–Kier alpha value is -2.31. The Morgan fingerprint density at radius 2 is 1.73 bits per heavy atom. The van der Waals surface area contributed by atoms with Gasteiger partial charge in [0.1, 0.15) is 0 Å². The van der Waals surface area contributed by atoms with E-state index in [4.69, 9.17) is 28.9 Å². The zero-order chi connectivity index (χ0) is 16.3. The lowest BCUT2D eigenvalue weighted by molar-refractivity contribution is -0.384. The summed E-state index contributed by atoms with van der Waals surface area (Å²) in [7, 11) is 0. The quantitative estimate of drug-likeness (QED) is 0.504. The minimum Gasteiger partial charge on any atom is -0.396 e. The first-order valence-electron chi connectivity index (χ1n) is 6.14. The van der Waals surface area contributed by atoms with Gasteiger partial charge in [-0.1, -0.05) is 35.3 Å². The number of halogens is 2. The van der Waals surface area contributed by atoms with E-state index >= 15 is 0 Å². The van der Waals surface area contributed by atoms with Gasteiger partial charge in [0.05, 0.1) is 27.1 Å². The van der Waals surface area contributed by atoms with E-state index in [9.17, 15) is 14.9 Å². The average molecular weight is 340 g/mol. The van der Waals surface area contributed by atoms with Crippen molar-refractivity contribution in [2.24, 2.45) is 0 Å². The molecular weight excluding hydrogens is 329 g/mol. The van der Waals surface area contributed by atoms with Crippen molar-refractivity contribution in [3.63, 3.8) is 0 Å². The summed E-state index contributed by atoms with van der Waals surface area (Å²) in [6, 6.07) is 8.74. The molecule has 114 valence electrons. The molecule has 8 heteroatoms. The van der Waals surface area contributed by atoms with Gasteiger partial charge in [-0.15, -0.1) is 0 Å². The topological polar surface area (TPSA) is 98.3 Å². The average Bonchev–Trinajstić information content (AvgIpc) is 2.45. The van der Waals surface area contributed by atoms with Gasteiger partial charge >= 0.3 is 0 Å². The van der Waals surface area contributed by atoms with E-state index in [0.717, 1.165) is 0 Å². The van der Waals surface area contributed by atoms with Gasteiger partial charge in [0.15, 0.2) is 0 Å². The van der Waals surface area contributed by atoms with Crippen LogP contribution >= 0.6 is 23.2 Å². The Balaban J connectivity index is 2.05. The number of hydrogen-bond acceptors (Lipinski definition) is 4. The van der Waals surface area contributed by atoms with Crippen LogP contribution in [0.1, 0.15) is 5.56 Å². The van der Waals surface area contributed by atoms with E-state index in [1.54, 1.807) is 0 Å². The van der Waals surface area contributed by atoms with Gasteiger partial charge in [0.2, 0.25) is 5.91 Å². The van der Waals surface area contributed by atoms with Crippen LogP contribution in [0.3, 0.4) is 0 Å². The van der Waals surface area contributed by atoms with Crippen LogP contribution in [0, 0.1) is 10.1 Å².